The molecule has 1 aromatic heterocycles. The second kappa shape index (κ2) is 8.73. The quantitative estimate of drug-likeness (QED) is 0.664. The van der Waals surface area contributed by atoms with Crippen LogP contribution in [0.2, 0.25) is 0 Å². The molecule has 1 fully saturated rings. The number of benzene rings is 1. The summed E-state index contributed by atoms with van der Waals surface area (Å²) in [7, 11) is 0. The second-order valence-corrected chi connectivity index (χ2v) is 10.2. The van der Waals surface area contributed by atoms with Crippen molar-refractivity contribution in [1.82, 2.24) is 4.98 Å². The van der Waals surface area contributed by atoms with Gasteiger partial charge in [0.25, 0.3) is 0 Å². The van der Waals surface area contributed by atoms with E-state index in [2.05, 4.69) is 48.3 Å². The van der Waals surface area contributed by atoms with Crippen molar-refractivity contribution in [2.75, 3.05) is 0 Å². The van der Waals surface area contributed by atoms with Gasteiger partial charge in [-0.3, -0.25) is 4.98 Å². The van der Waals surface area contributed by atoms with Gasteiger partial charge in [-0.15, -0.1) is 0 Å². The van der Waals surface area contributed by atoms with Crippen LogP contribution in [0, 0.1) is 18.8 Å². The maximum absolute atomic E-state index is 11.6. The van der Waals surface area contributed by atoms with Gasteiger partial charge in [-0.2, -0.15) is 0 Å². The van der Waals surface area contributed by atoms with E-state index in [-0.39, 0.29) is 11.3 Å². The normalized spacial score (nSPS) is 32.8. The maximum atomic E-state index is 11.6. The average molecular weight is 446 g/mol. The number of allylic oxidation sites excluding steroid dienone is 3. The van der Waals surface area contributed by atoms with Crippen molar-refractivity contribution in [2.45, 2.75) is 76.1 Å². The largest absolute Gasteiger partial charge is 0.489 e. The smallest absolute Gasteiger partial charge is 0.120 e. The van der Waals surface area contributed by atoms with Crippen LogP contribution in [-0.4, -0.2) is 26.9 Å². The lowest BCUT2D eigenvalue weighted by Gasteiger charge is -2.56. The van der Waals surface area contributed by atoms with Gasteiger partial charge in [0.1, 0.15) is 12.4 Å². The Morgan fingerprint density at radius 3 is 2.82 bits per heavy atom. The number of ether oxygens (including phenoxy) is 1. The van der Waals surface area contributed by atoms with E-state index in [0.29, 0.717) is 25.4 Å². The Labute approximate surface area is 197 Å². The summed E-state index contributed by atoms with van der Waals surface area (Å²) in [5.41, 5.74) is 3.62. The summed E-state index contributed by atoms with van der Waals surface area (Å²) < 4.78 is 6.13. The zero-order chi connectivity index (χ0) is 23.1. The number of fused-ring (bicyclic) bond motifs is 3. The van der Waals surface area contributed by atoms with Crippen molar-refractivity contribution >= 4 is 0 Å². The average Bonchev–Trinajstić information content (AvgIpc) is 2.84. The van der Waals surface area contributed by atoms with Gasteiger partial charge < -0.3 is 14.9 Å². The molecule has 0 spiro atoms. The van der Waals surface area contributed by atoms with E-state index in [1.807, 2.05) is 25.1 Å². The Morgan fingerprint density at radius 1 is 1.18 bits per heavy atom. The van der Waals surface area contributed by atoms with Crippen molar-refractivity contribution in [3.05, 3.63) is 83.2 Å². The number of aliphatic hydroxyl groups is 2. The molecule has 174 valence electrons. The fourth-order valence-electron chi connectivity index (χ4n) is 6.61. The lowest BCUT2D eigenvalue weighted by atomic mass is 9.51. The molecule has 1 unspecified atom stereocenters. The molecule has 3 aliphatic rings. The van der Waals surface area contributed by atoms with Crippen LogP contribution < -0.4 is 4.74 Å². The Morgan fingerprint density at radius 2 is 2.06 bits per heavy atom. The predicted molar refractivity (Wildman–Crippen MR) is 130 cm³/mol. The van der Waals surface area contributed by atoms with E-state index in [0.717, 1.165) is 42.7 Å². The molecule has 1 aromatic carbocycles. The van der Waals surface area contributed by atoms with E-state index >= 15 is 0 Å². The van der Waals surface area contributed by atoms with Gasteiger partial charge in [-0.1, -0.05) is 43.4 Å². The van der Waals surface area contributed by atoms with Gasteiger partial charge in [-0.25, -0.2) is 0 Å². The van der Waals surface area contributed by atoms with E-state index < -0.39 is 11.7 Å². The number of aliphatic hydroxyl groups excluding tert-OH is 1. The maximum Gasteiger partial charge on any atom is 0.120 e. The molecule has 0 amide bonds. The first-order valence-corrected chi connectivity index (χ1v) is 12.4. The molecule has 4 nitrogen and oxygen atoms in total. The molecule has 33 heavy (non-hydrogen) atoms. The lowest BCUT2D eigenvalue weighted by molar-refractivity contribution is -0.161. The Balaban J connectivity index is 1.39. The molecule has 4 heteroatoms. The fraction of sp³-hybridized carbons (Fsp3) is 0.483. The van der Waals surface area contributed by atoms with Crippen LogP contribution in [0.5, 0.6) is 5.75 Å². The van der Waals surface area contributed by atoms with Crippen LogP contribution in [0.3, 0.4) is 0 Å². The number of nitrogens with zero attached hydrogens (tertiary/aromatic N) is 1. The Hall–Kier alpha value is -2.43. The minimum Gasteiger partial charge on any atom is -0.489 e. The molecule has 2 aromatic rings. The summed E-state index contributed by atoms with van der Waals surface area (Å²) in [6.07, 6.45) is 14.3. The van der Waals surface area contributed by atoms with Gasteiger partial charge in [0, 0.05) is 28.8 Å². The van der Waals surface area contributed by atoms with Crippen molar-refractivity contribution in [3.8, 4) is 5.75 Å². The van der Waals surface area contributed by atoms with Crippen LogP contribution in [0.4, 0.5) is 0 Å². The molecule has 0 aliphatic heterocycles. The third kappa shape index (κ3) is 3.83. The molecule has 0 radical (unpaired) electrons. The van der Waals surface area contributed by atoms with Crippen molar-refractivity contribution in [2.24, 2.45) is 11.8 Å². The van der Waals surface area contributed by atoms with Gasteiger partial charge in [0.05, 0.1) is 11.7 Å². The fourth-order valence-corrected chi connectivity index (χ4v) is 6.61. The minimum absolute atomic E-state index is 0.0135. The highest BCUT2D eigenvalue weighted by atomic mass is 16.5. The lowest BCUT2D eigenvalue weighted by Crippen LogP contribution is -2.60. The standard InChI is InChI=1S/C29H35NO3/c1-3-28-18-27(31)29(32,23-9-5-4-6-10-23)17-24(28)12-11-21-16-25(13-14-26(21)28)33-19-22-8-7-15-30-20(22)2/h4-9,13-16,23-24,27,31-32H,3,10-12,17-19H2,1-2H3/t23?,24-,27+,28-,29-/m1/s1. The number of aromatic nitrogens is 1. The highest BCUT2D eigenvalue weighted by Crippen LogP contribution is 2.56. The molecular formula is C29H35NO3. The van der Waals surface area contributed by atoms with Gasteiger partial charge in [0.15, 0.2) is 0 Å². The molecular weight excluding hydrogens is 410 g/mol. The van der Waals surface area contributed by atoms with Crippen molar-refractivity contribution < 1.29 is 14.9 Å². The summed E-state index contributed by atoms with van der Waals surface area (Å²) in [5.74, 6) is 1.24. The first-order valence-electron chi connectivity index (χ1n) is 12.4. The van der Waals surface area contributed by atoms with Crippen LogP contribution >= 0.6 is 0 Å². The van der Waals surface area contributed by atoms with E-state index in [4.69, 9.17) is 4.74 Å². The highest BCUT2D eigenvalue weighted by molar-refractivity contribution is 5.44. The molecule has 5 atom stereocenters. The summed E-state index contributed by atoms with van der Waals surface area (Å²) in [6, 6.07) is 10.5. The Kier molecular flexibility index (Phi) is 5.92. The third-order valence-corrected chi connectivity index (χ3v) is 8.63. The summed E-state index contributed by atoms with van der Waals surface area (Å²) >= 11 is 0. The van der Waals surface area contributed by atoms with Crippen LogP contribution in [0.15, 0.2) is 60.8 Å². The first kappa shape index (κ1) is 22.4. The van der Waals surface area contributed by atoms with Gasteiger partial charge in [0.2, 0.25) is 0 Å². The molecule has 0 bridgehead atoms. The summed E-state index contributed by atoms with van der Waals surface area (Å²) in [6.45, 7) is 4.75. The summed E-state index contributed by atoms with van der Waals surface area (Å²) in [5, 5.41) is 22.9. The Bertz CT molecular complexity index is 1080. The number of aryl methyl sites for hydroxylation is 2. The number of hydrogen-bond acceptors (Lipinski definition) is 4. The summed E-state index contributed by atoms with van der Waals surface area (Å²) in [4.78, 5) is 4.35. The topological polar surface area (TPSA) is 62.6 Å². The van der Waals surface area contributed by atoms with E-state index in [1.165, 1.54) is 11.1 Å². The zero-order valence-electron chi connectivity index (χ0n) is 19.7. The highest BCUT2D eigenvalue weighted by Gasteiger charge is 2.56. The molecule has 1 heterocycles. The second-order valence-electron chi connectivity index (χ2n) is 10.2. The predicted octanol–water partition coefficient (Wildman–Crippen LogP) is 5.20. The minimum atomic E-state index is -1.05. The molecule has 2 N–H and O–H groups in total. The first-order chi connectivity index (χ1) is 16.0. The number of hydrogen-bond donors (Lipinski definition) is 2. The van der Waals surface area contributed by atoms with Crippen molar-refractivity contribution in [3.63, 3.8) is 0 Å². The van der Waals surface area contributed by atoms with E-state index in [1.54, 1.807) is 6.20 Å². The zero-order valence-corrected chi connectivity index (χ0v) is 19.7. The molecule has 3 aliphatic carbocycles. The third-order valence-electron chi connectivity index (χ3n) is 8.63. The van der Waals surface area contributed by atoms with Crippen molar-refractivity contribution in [1.29, 1.82) is 0 Å². The monoisotopic (exact) mass is 445 g/mol. The van der Waals surface area contributed by atoms with Gasteiger partial charge in [-0.05, 0) is 80.7 Å². The molecule has 0 saturated heterocycles. The molecule has 1 saturated carbocycles. The van der Waals surface area contributed by atoms with E-state index in [9.17, 15) is 10.2 Å². The number of pyridine rings is 1. The van der Waals surface area contributed by atoms with Gasteiger partial charge >= 0.3 is 0 Å². The van der Waals surface area contributed by atoms with Crippen LogP contribution in [0.25, 0.3) is 0 Å². The van der Waals surface area contributed by atoms with Crippen LogP contribution in [0.1, 0.15) is 61.4 Å². The molecule has 5 rings (SSSR count). The SMILES string of the molecule is CC[C@@]12C[C@H](O)[C@](O)(C3C=CC=CC3)C[C@H]1CCc1cc(OCc3cccnc3C)ccc12. The van der Waals surface area contributed by atoms with Crippen LogP contribution in [-0.2, 0) is 18.4 Å². The number of rotatable bonds is 5.